The Kier molecular flexibility index (Phi) is 6.55. The van der Waals surface area contributed by atoms with Crippen LogP contribution in [0.25, 0.3) is 0 Å². The Balaban J connectivity index is 1.49. The minimum atomic E-state index is -0.401. The summed E-state index contributed by atoms with van der Waals surface area (Å²) in [7, 11) is 0. The average molecular weight is 481 g/mol. The lowest BCUT2D eigenvalue weighted by Gasteiger charge is -2.17. The van der Waals surface area contributed by atoms with E-state index in [0.717, 1.165) is 39.1 Å². The lowest BCUT2D eigenvalue weighted by atomic mass is 10.1. The van der Waals surface area contributed by atoms with Crippen molar-refractivity contribution >= 4 is 50.9 Å². The van der Waals surface area contributed by atoms with Crippen LogP contribution in [0.4, 0.5) is 11.4 Å². The smallest absolute Gasteiger partial charge is 0.242 e. The monoisotopic (exact) mass is 480 g/mol. The fraction of sp³-hybridized carbons (Fsp3) is 0.167. The van der Waals surface area contributed by atoms with Crippen molar-refractivity contribution < 1.29 is 9.59 Å². The molecule has 2 N–H and O–H groups in total. The quantitative estimate of drug-likeness (QED) is 0.391. The second-order valence-corrected chi connectivity index (χ2v) is 9.29. The third-order valence-corrected chi connectivity index (χ3v) is 6.57. The number of carbonyl (C=O) groups is 2. The van der Waals surface area contributed by atoms with Gasteiger partial charge in [0.05, 0.1) is 0 Å². The maximum atomic E-state index is 13.1. The fourth-order valence-electron chi connectivity index (χ4n) is 2.98. The van der Waals surface area contributed by atoms with Crippen molar-refractivity contribution in [1.82, 2.24) is 0 Å². The van der Waals surface area contributed by atoms with Gasteiger partial charge in [-0.15, -0.1) is 11.8 Å². The third-order valence-electron chi connectivity index (χ3n) is 4.78. The summed E-state index contributed by atoms with van der Waals surface area (Å²) in [5, 5.41) is 5.55. The summed E-state index contributed by atoms with van der Waals surface area (Å²) in [6, 6.07) is 24.9. The van der Waals surface area contributed by atoms with Crippen molar-refractivity contribution in [2.24, 2.45) is 5.92 Å². The number of benzene rings is 3. The minimum absolute atomic E-state index is 0.0837. The van der Waals surface area contributed by atoms with Crippen molar-refractivity contribution in [3.05, 3.63) is 88.9 Å². The van der Waals surface area contributed by atoms with Gasteiger partial charge in [-0.25, -0.2) is 0 Å². The van der Waals surface area contributed by atoms with Crippen LogP contribution in [0.1, 0.15) is 23.7 Å². The molecule has 1 saturated carbocycles. The van der Waals surface area contributed by atoms with E-state index in [1.807, 2.05) is 78.9 Å². The van der Waals surface area contributed by atoms with Crippen LogP contribution >= 0.6 is 27.7 Å². The number of amides is 2. The highest BCUT2D eigenvalue weighted by atomic mass is 79.9. The topological polar surface area (TPSA) is 58.2 Å². The number of carbonyl (C=O) groups excluding carboxylic acids is 2. The van der Waals surface area contributed by atoms with Gasteiger partial charge in [-0.2, -0.15) is 0 Å². The highest BCUT2D eigenvalue weighted by Crippen LogP contribution is 2.37. The number of nitrogens with one attached hydrogen (secondary N) is 2. The summed E-state index contributed by atoms with van der Waals surface area (Å²) < 4.78 is 0.961. The summed E-state index contributed by atoms with van der Waals surface area (Å²) in [5.74, 6) is 0.176. The number of thioether (sulfide) groups is 1. The van der Waals surface area contributed by atoms with Crippen LogP contribution in [0.3, 0.4) is 0 Å². The molecule has 4 nitrogen and oxygen atoms in total. The number of hydrogen-bond donors (Lipinski definition) is 2. The molecular formula is C24H21BrN2O2S. The maximum absolute atomic E-state index is 13.1. The molecule has 3 aromatic carbocycles. The molecule has 1 fully saturated rings. The van der Waals surface area contributed by atoms with Gasteiger partial charge in [-0.1, -0.05) is 46.3 Å². The Morgan fingerprint density at radius 1 is 0.833 bits per heavy atom. The fourth-order valence-corrected chi connectivity index (χ4v) is 4.27. The minimum Gasteiger partial charge on any atom is -0.326 e. The van der Waals surface area contributed by atoms with E-state index in [-0.39, 0.29) is 17.7 Å². The van der Waals surface area contributed by atoms with Crippen LogP contribution in [0.5, 0.6) is 0 Å². The van der Waals surface area contributed by atoms with Crippen LogP contribution in [-0.4, -0.2) is 11.8 Å². The first-order chi connectivity index (χ1) is 14.6. The highest BCUT2D eigenvalue weighted by molar-refractivity contribution is 9.10. The summed E-state index contributed by atoms with van der Waals surface area (Å²) in [5.41, 5.74) is 2.47. The summed E-state index contributed by atoms with van der Waals surface area (Å²) in [6.07, 6.45) is 1.96. The van der Waals surface area contributed by atoms with E-state index in [4.69, 9.17) is 0 Å². The van der Waals surface area contributed by atoms with Gasteiger partial charge in [0.1, 0.15) is 5.25 Å². The van der Waals surface area contributed by atoms with E-state index in [9.17, 15) is 9.59 Å². The Labute approximate surface area is 188 Å². The van der Waals surface area contributed by atoms with Crippen LogP contribution in [0.15, 0.2) is 88.2 Å². The molecule has 3 aromatic rings. The van der Waals surface area contributed by atoms with Gasteiger partial charge in [0.25, 0.3) is 0 Å². The molecule has 0 radical (unpaired) electrons. The molecule has 30 heavy (non-hydrogen) atoms. The Bertz CT molecular complexity index is 1020. The molecule has 0 aliphatic heterocycles. The van der Waals surface area contributed by atoms with Crippen LogP contribution in [0.2, 0.25) is 0 Å². The molecule has 0 bridgehead atoms. The highest BCUT2D eigenvalue weighted by Gasteiger charge is 2.29. The second kappa shape index (κ2) is 9.49. The van der Waals surface area contributed by atoms with Crippen molar-refractivity contribution in [3.8, 4) is 0 Å². The SMILES string of the molecule is O=C(Nc1ccc(SC(C(=O)Nc2ccc(Br)cc2)c2ccccc2)cc1)C1CC1. The molecule has 0 saturated heterocycles. The van der Waals surface area contributed by atoms with Gasteiger partial charge in [0.15, 0.2) is 0 Å². The molecule has 6 heteroatoms. The zero-order chi connectivity index (χ0) is 20.9. The number of hydrogen-bond acceptors (Lipinski definition) is 3. The van der Waals surface area contributed by atoms with E-state index in [1.54, 1.807) is 0 Å². The van der Waals surface area contributed by atoms with Crippen molar-refractivity contribution in [2.75, 3.05) is 10.6 Å². The predicted octanol–water partition coefficient (Wildman–Crippen LogP) is 6.27. The van der Waals surface area contributed by atoms with E-state index in [1.165, 1.54) is 11.8 Å². The van der Waals surface area contributed by atoms with Gasteiger partial charge in [-0.3, -0.25) is 9.59 Å². The zero-order valence-corrected chi connectivity index (χ0v) is 18.6. The Morgan fingerprint density at radius 2 is 1.43 bits per heavy atom. The Hall–Kier alpha value is -2.57. The van der Waals surface area contributed by atoms with Gasteiger partial charge in [0, 0.05) is 26.7 Å². The van der Waals surface area contributed by atoms with Gasteiger partial charge in [0.2, 0.25) is 11.8 Å². The predicted molar refractivity (Wildman–Crippen MR) is 126 cm³/mol. The lowest BCUT2D eigenvalue weighted by molar-refractivity contribution is -0.117. The van der Waals surface area contributed by atoms with Gasteiger partial charge in [-0.05, 0) is 66.9 Å². The third kappa shape index (κ3) is 5.52. The van der Waals surface area contributed by atoms with Gasteiger partial charge >= 0.3 is 0 Å². The first-order valence-electron chi connectivity index (χ1n) is 9.77. The van der Waals surface area contributed by atoms with E-state index < -0.39 is 5.25 Å². The van der Waals surface area contributed by atoms with Crippen LogP contribution < -0.4 is 10.6 Å². The normalized spacial score (nSPS) is 14.0. The average Bonchev–Trinajstić information content (AvgIpc) is 3.61. The molecule has 1 unspecified atom stereocenters. The largest absolute Gasteiger partial charge is 0.326 e. The summed E-state index contributed by atoms with van der Waals surface area (Å²) in [4.78, 5) is 26.0. The second-order valence-electron chi connectivity index (χ2n) is 7.19. The summed E-state index contributed by atoms with van der Waals surface area (Å²) >= 11 is 4.89. The molecule has 0 heterocycles. The van der Waals surface area contributed by atoms with E-state index >= 15 is 0 Å². The van der Waals surface area contributed by atoms with E-state index in [0.29, 0.717) is 0 Å². The molecule has 0 aromatic heterocycles. The van der Waals surface area contributed by atoms with Crippen LogP contribution in [-0.2, 0) is 9.59 Å². The molecule has 1 aliphatic rings. The van der Waals surface area contributed by atoms with Crippen molar-refractivity contribution in [1.29, 1.82) is 0 Å². The van der Waals surface area contributed by atoms with Crippen molar-refractivity contribution in [3.63, 3.8) is 0 Å². The van der Waals surface area contributed by atoms with Gasteiger partial charge < -0.3 is 10.6 Å². The first kappa shape index (κ1) is 20.7. The molecular weight excluding hydrogens is 460 g/mol. The van der Waals surface area contributed by atoms with Crippen molar-refractivity contribution in [2.45, 2.75) is 23.0 Å². The van der Waals surface area contributed by atoms with Crippen LogP contribution in [0, 0.1) is 5.92 Å². The first-order valence-corrected chi connectivity index (χ1v) is 11.4. The molecule has 0 spiro atoms. The molecule has 4 rings (SSSR count). The molecule has 1 aliphatic carbocycles. The number of rotatable bonds is 7. The maximum Gasteiger partial charge on any atom is 0.242 e. The standard InChI is InChI=1S/C24H21BrN2O2S/c25-18-8-10-19(11-9-18)27-24(29)22(16-4-2-1-3-5-16)30-21-14-12-20(13-15-21)26-23(28)17-6-7-17/h1-5,8-15,17,22H,6-7H2,(H,26,28)(H,27,29). The van der Waals surface area contributed by atoms with E-state index in [2.05, 4.69) is 26.6 Å². The number of anilines is 2. The Morgan fingerprint density at radius 3 is 2.07 bits per heavy atom. The molecule has 1 atom stereocenters. The number of halogens is 1. The summed E-state index contributed by atoms with van der Waals surface area (Å²) in [6.45, 7) is 0. The molecule has 2 amide bonds. The lowest BCUT2D eigenvalue weighted by Crippen LogP contribution is -2.19. The zero-order valence-electron chi connectivity index (χ0n) is 16.2. The molecule has 152 valence electrons.